The van der Waals surface area contributed by atoms with E-state index >= 15 is 0 Å². The predicted octanol–water partition coefficient (Wildman–Crippen LogP) is 4.20. The maximum atomic E-state index is 12.2. The number of allylic oxidation sites excluding steroid dienone is 1. The summed E-state index contributed by atoms with van der Waals surface area (Å²) in [5.41, 5.74) is 4.44. The molecule has 0 radical (unpaired) electrons. The number of ketones is 1. The number of nitrogens with one attached hydrogen (secondary N) is 1. The summed E-state index contributed by atoms with van der Waals surface area (Å²) in [7, 11) is 0. The van der Waals surface area contributed by atoms with Crippen LogP contribution in [0.2, 0.25) is 0 Å². The van der Waals surface area contributed by atoms with Gasteiger partial charge in [-0.25, -0.2) is 5.48 Å². The number of hydrogen-bond acceptors (Lipinski definition) is 3. The van der Waals surface area contributed by atoms with Gasteiger partial charge in [0.15, 0.2) is 0 Å². The minimum Gasteiger partial charge on any atom is -0.300 e. The minimum atomic E-state index is 0.110. The molecule has 0 saturated heterocycles. The van der Waals surface area contributed by atoms with Crippen molar-refractivity contribution in [2.45, 2.75) is 78.2 Å². The van der Waals surface area contributed by atoms with Gasteiger partial charge in [-0.3, -0.25) is 14.4 Å². The zero-order valence-electron chi connectivity index (χ0n) is 16.4. The monoisotopic (exact) mass is 359 g/mol. The van der Waals surface area contributed by atoms with Crippen LogP contribution in [0.1, 0.15) is 72.1 Å². The average Bonchev–Trinajstić information content (AvgIpc) is 2.97. The third kappa shape index (κ3) is 2.59. The van der Waals surface area contributed by atoms with Crippen LogP contribution in [0.15, 0.2) is 11.6 Å². The molecule has 4 aliphatic carbocycles. The van der Waals surface area contributed by atoms with Crippen molar-refractivity contribution in [3.63, 3.8) is 0 Å². The SMILES string of the molecule is CC(=O)C1CCC2C3CC=C4CC(ONC=O)CCC4(C)C3CCC12C. The number of rotatable bonds is 4. The average molecular weight is 360 g/mol. The molecule has 4 rings (SSSR count). The van der Waals surface area contributed by atoms with Gasteiger partial charge in [0.05, 0.1) is 6.10 Å². The Balaban J connectivity index is 1.57. The van der Waals surface area contributed by atoms with Crippen molar-refractivity contribution in [3.05, 3.63) is 11.6 Å². The van der Waals surface area contributed by atoms with Crippen molar-refractivity contribution in [1.82, 2.24) is 5.48 Å². The number of carbonyl (C=O) groups is 2. The second-order valence-electron chi connectivity index (χ2n) is 9.76. The van der Waals surface area contributed by atoms with Gasteiger partial charge >= 0.3 is 0 Å². The summed E-state index contributed by atoms with van der Waals surface area (Å²) in [6.45, 7) is 6.68. The first-order chi connectivity index (χ1) is 12.4. The molecule has 0 aromatic carbocycles. The maximum Gasteiger partial charge on any atom is 0.230 e. The van der Waals surface area contributed by atoms with Crippen molar-refractivity contribution in [3.8, 4) is 0 Å². The summed E-state index contributed by atoms with van der Waals surface area (Å²) in [5, 5.41) is 0. The van der Waals surface area contributed by atoms with Gasteiger partial charge < -0.3 is 0 Å². The second-order valence-corrected chi connectivity index (χ2v) is 9.76. The second kappa shape index (κ2) is 6.47. The van der Waals surface area contributed by atoms with Crippen molar-refractivity contribution in [2.24, 2.45) is 34.5 Å². The molecule has 0 aliphatic heterocycles. The van der Waals surface area contributed by atoms with Gasteiger partial charge in [0.25, 0.3) is 0 Å². The first-order valence-corrected chi connectivity index (χ1v) is 10.4. The van der Waals surface area contributed by atoms with E-state index in [0.717, 1.165) is 43.9 Å². The van der Waals surface area contributed by atoms with Crippen LogP contribution in [-0.4, -0.2) is 18.3 Å². The van der Waals surface area contributed by atoms with E-state index in [9.17, 15) is 9.59 Å². The molecule has 0 spiro atoms. The van der Waals surface area contributed by atoms with Gasteiger partial charge in [-0.2, -0.15) is 0 Å². The predicted molar refractivity (Wildman–Crippen MR) is 99.9 cm³/mol. The normalized spacial score (nSPS) is 47.2. The van der Waals surface area contributed by atoms with E-state index in [2.05, 4.69) is 25.4 Å². The third-order valence-corrected chi connectivity index (χ3v) is 8.83. The highest BCUT2D eigenvalue weighted by Crippen LogP contribution is 2.66. The van der Waals surface area contributed by atoms with E-state index < -0.39 is 0 Å². The summed E-state index contributed by atoms with van der Waals surface area (Å²) < 4.78 is 0. The lowest BCUT2D eigenvalue weighted by Crippen LogP contribution is -2.51. The van der Waals surface area contributed by atoms with Gasteiger partial charge in [-0.05, 0) is 86.9 Å². The van der Waals surface area contributed by atoms with Crippen LogP contribution in [0, 0.1) is 34.5 Å². The first-order valence-electron chi connectivity index (χ1n) is 10.4. The Morgan fingerprint density at radius 1 is 1.19 bits per heavy atom. The zero-order valence-corrected chi connectivity index (χ0v) is 16.4. The van der Waals surface area contributed by atoms with Crippen LogP contribution < -0.4 is 5.48 Å². The van der Waals surface area contributed by atoms with Crippen LogP contribution in [0.25, 0.3) is 0 Å². The summed E-state index contributed by atoms with van der Waals surface area (Å²) in [4.78, 5) is 28.2. The molecule has 0 bridgehead atoms. The fourth-order valence-electron chi connectivity index (χ4n) is 7.52. The number of carbonyl (C=O) groups excluding carboxylic acids is 2. The summed E-state index contributed by atoms with van der Waals surface area (Å²) in [6.07, 6.45) is 12.3. The molecule has 3 saturated carbocycles. The molecule has 4 nitrogen and oxygen atoms in total. The largest absolute Gasteiger partial charge is 0.300 e. The van der Waals surface area contributed by atoms with E-state index in [1.807, 2.05) is 0 Å². The zero-order chi connectivity index (χ0) is 18.5. The molecule has 26 heavy (non-hydrogen) atoms. The first kappa shape index (κ1) is 18.2. The van der Waals surface area contributed by atoms with Gasteiger partial charge in [0.1, 0.15) is 5.78 Å². The van der Waals surface area contributed by atoms with Crippen LogP contribution in [-0.2, 0) is 14.4 Å². The number of fused-ring (bicyclic) bond motifs is 5. The van der Waals surface area contributed by atoms with Crippen LogP contribution in [0.4, 0.5) is 0 Å². The Labute approximate surface area is 157 Å². The lowest BCUT2D eigenvalue weighted by molar-refractivity contribution is -0.130. The fourth-order valence-corrected chi connectivity index (χ4v) is 7.52. The highest BCUT2D eigenvalue weighted by Gasteiger charge is 2.59. The molecular weight excluding hydrogens is 326 g/mol. The summed E-state index contributed by atoms with van der Waals surface area (Å²) in [5.74, 6) is 2.87. The molecule has 7 unspecified atom stereocenters. The molecule has 1 amide bonds. The van der Waals surface area contributed by atoms with Crippen LogP contribution >= 0.6 is 0 Å². The Morgan fingerprint density at radius 3 is 2.73 bits per heavy atom. The standard InChI is InChI=1S/C22H33NO3/c1-14(25)18-6-7-19-17-5-4-15-12-16(26-23-13-24)8-10-21(15,2)20(17)9-11-22(18,19)3/h4,13,16-20H,5-12H2,1-3H3,(H,23,24). The van der Waals surface area contributed by atoms with E-state index in [4.69, 9.17) is 4.84 Å². The number of Topliss-reactive ketones (excluding diaryl/α,β-unsaturated/α-hetero) is 1. The molecule has 144 valence electrons. The van der Waals surface area contributed by atoms with Crippen molar-refractivity contribution in [1.29, 1.82) is 0 Å². The highest BCUT2D eigenvalue weighted by atomic mass is 16.7. The topological polar surface area (TPSA) is 55.4 Å². The molecular formula is C22H33NO3. The Bertz CT molecular complexity index is 629. The van der Waals surface area contributed by atoms with Gasteiger partial charge in [-0.1, -0.05) is 25.5 Å². The van der Waals surface area contributed by atoms with Gasteiger partial charge in [0, 0.05) is 5.92 Å². The van der Waals surface area contributed by atoms with Crippen molar-refractivity contribution >= 4 is 12.2 Å². The minimum absolute atomic E-state index is 0.110. The van der Waals surface area contributed by atoms with Crippen molar-refractivity contribution in [2.75, 3.05) is 0 Å². The molecule has 0 aromatic heterocycles. The molecule has 0 aromatic rings. The molecule has 1 N–H and O–H groups in total. The van der Waals surface area contributed by atoms with E-state index in [1.54, 1.807) is 12.5 Å². The Morgan fingerprint density at radius 2 is 2.00 bits per heavy atom. The maximum absolute atomic E-state index is 12.2. The summed E-state index contributed by atoms with van der Waals surface area (Å²) in [6, 6.07) is 0. The molecule has 4 heteroatoms. The molecule has 4 aliphatic rings. The van der Waals surface area contributed by atoms with Gasteiger partial charge in [-0.15, -0.1) is 0 Å². The number of hydroxylamine groups is 1. The smallest absolute Gasteiger partial charge is 0.230 e. The van der Waals surface area contributed by atoms with Crippen molar-refractivity contribution < 1.29 is 14.4 Å². The quantitative estimate of drug-likeness (QED) is 0.465. The Kier molecular flexibility index (Phi) is 4.53. The lowest BCUT2D eigenvalue weighted by atomic mass is 9.47. The van der Waals surface area contributed by atoms with Gasteiger partial charge in [0.2, 0.25) is 6.41 Å². The van der Waals surface area contributed by atoms with Crippen LogP contribution in [0.5, 0.6) is 0 Å². The molecule has 7 atom stereocenters. The summed E-state index contributed by atoms with van der Waals surface area (Å²) >= 11 is 0. The van der Waals surface area contributed by atoms with E-state index in [0.29, 0.717) is 18.1 Å². The highest BCUT2D eigenvalue weighted by molar-refractivity contribution is 5.79. The fraction of sp³-hybridized carbons (Fsp3) is 0.818. The number of hydrogen-bond donors (Lipinski definition) is 1. The molecule has 0 heterocycles. The Hall–Kier alpha value is -1.16. The lowest BCUT2D eigenvalue weighted by Gasteiger charge is -2.58. The molecule has 3 fully saturated rings. The third-order valence-electron chi connectivity index (χ3n) is 8.83. The number of amides is 1. The van der Waals surface area contributed by atoms with E-state index in [1.165, 1.54) is 19.3 Å². The van der Waals surface area contributed by atoms with E-state index in [-0.39, 0.29) is 22.9 Å². The van der Waals surface area contributed by atoms with Crippen LogP contribution in [0.3, 0.4) is 0 Å².